The minimum absolute atomic E-state index is 0.00152. The van der Waals surface area contributed by atoms with Crippen molar-refractivity contribution in [1.82, 2.24) is 9.88 Å². The van der Waals surface area contributed by atoms with E-state index in [1.165, 1.54) is 18.1 Å². The summed E-state index contributed by atoms with van der Waals surface area (Å²) in [4.78, 5) is 29.3. The highest BCUT2D eigenvalue weighted by molar-refractivity contribution is 5.98. The van der Waals surface area contributed by atoms with Crippen molar-refractivity contribution in [2.24, 2.45) is 0 Å². The van der Waals surface area contributed by atoms with Crippen LogP contribution in [0.25, 0.3) is 5.57 Å². The molecule has 2 aliphatic heterocycles. The third-order valence-electron chi connectivity index (χ3n) is 5.07. The molecule has 1 amide bonds. The number of amides is 1. The Kier molecular flexibility index (Phi) is 3.60. The maximum atomic E-state index is 12.9. The molecule has 2 atom stereocenters. The fraction of sp³-hybridized carbons (Fsp3) is 0.300. The van der Waals surface area contributed by atoms with Crippen molar-refractivity contribution < 1.29 is 9.59 Å². The van der Waals surface area contributed by atoms with E-state index in [0.29, 0.717) is 11.4 Å². The number of aromatic nitrogens is 1. The number of carbonyl (C=O) groups excluding carboxylic acids is 2. The van der Waals surface area contributed by atoms with E-state index in [-0.39, 0.29) is 23.8 Å². The monoisotopic (exact) mass is 320 g/mol. The number of nitrogens with one attached hydrogen (secondary N) is 1. The zero-order valence-corrected chi connectivity index (χ0v) is 13.7. The standard InChI is InChI=1S/C20H20N2O2/c1-13(23)18-9-10-19(21-18)20(24)22-16-7-8-17(22)12-15(11-16)14-5-3-2-4-6-14/h2-6,9-11,16-17,21H,7-8,12H2,1H3. The summed E-state index contributed by atoms with van der Waals surface area (Å²) in [5.41, 5.74) is 3.58. The Morgan fingerprint density at radius 2 is 1.79 bits per heavy atom. The first kappa shape index (κ1) is 14.9. The summed E-state index contributed by atoms with van der Waals surface area (Å²) >= 11 is 0. The second kappa shape index (κ2) is 5.78. The molecule has 0 saturated carbocycles. The molecular weight excluding hydrogens is 300 g/mol. The molecule has 1 aromatic heterocycles. The minimum Gasteiger partial charge on any atom is -0.348 e. The summed E-state index contributed by atoms with van der Waals surface area (Å²) < 4.78 is 0. The van der Waals surface area contributed by atoms with Gasteiger partial charge in [0.25, 0.3) is 5.91 Å². The quantitative estimate of drug-likeness (QED) is 0.877. The van der Waals surface area contributed by atoms with Gasteiger partial charge in [0.15, 0.2) is 5.78 Å². The number of fused-ring (bicyclic) bond motifs is 2. The highest BCUT2D eigenvalue weighted by Crippen LogP contribution is 2.39. The average Bonchev–Trinajstić information content (AvgIpc) is 3.18. The van der Waals surface area contributed by atoms with Gasteiger partial charge >= 0.3 is 0 Å². The summed E-state index contributed by atoms with van der Waals surface area (Å²) in [7, 11) is 0. The van der Waals surface area contributed by atoms with Crippen LogP contribution in [-0.4, -0.2) is 33.7 Å². The SMILES string of the molecule is CC(=O)c1ccc(C(=O)N2C3C=C(c4ccccc4)CC2CC3)[nH]1. The van der Waals surface area contributed by atoms with Gasteiger partial charge in [-0.15, -0.1) is 0 Å². The molecule has 4 rings (SSSR count). The lowest BCUT2D eigenvalue weighted by Crippen LogP contribution is -2.43. The topological polar surface area (TPSA) is 53.2 Å². The molecule has 2 unspecified atom stereocenters. The first-order valence-electron chi connectivity index (χ1n) is 8.42. The van der Waals surface area contributed by atoms with Crippen LogP contribution in [0.1, 0.15) is 52.7 Å². The van der Waals surface area contributed by atoms with Crippen molar-refractivity contribution in [3.05, 3.63) is 65.5 Å². The van der Waals surface area contributed by atoms with Gasteiger partial charge in [0, 0.05) is 13.0 Å². The smallest absolute Gasteiger partial charge is 0.271 e. The number of hydrogen-bond donors (Lipinski definition) is 1. The Bertz CT molecular complexity index is 819. The molecule has 2 aromatic rings. The number of carbonyl (C=O) groups is 2. The predicted molar refractivity (Wildman–Crippen MR) is 92.8 cm³/mol. The number of aromatic amines is 1. The Labute approximate surface area is 141 Å². The third kappa shape index (κ3) is 2.48. The first-order valence-corrected chi connectivity index (χ1v) is 8.42. The van der Waals surface area contributed by atoms with Crippen LogP contribution in [0.5, 0.6) is 0 Å². The summed E-state index contributed by atoms with van der Waals surface area (Å²) in [5, 5.41) is 0. The number of Topliss-reactive ketones (excluding diaryl/α,β-unsaturated/α-hetero) is 1. The molecular formula is C20H20N2O2. The lowest BCUT2D eigenvalue weighted by atomic mass is 9.94. The van der Waals surface area contributed by atoms with Crippen LogP contribution in [-0.2, 0) is 0 Å². The normalized spacial score (nSPS) is 22.4. The lowest BCUT2D eigenvalue weighted by molar-refractivity contribution is 0.0687. The van der Waals surface area contributed by atoms with Crippen molar-refractivity contribution in [1.29, 1.82) is 0 Å². The molecule has 1 aromatic carbocycles. The first-order chi connectivity index (χ1) is 11.6. The molecule has 0 spiro atoms. The van der Waals surface area contributed by atoms with Crippen LogP contribution < -0.4 is 0 Å². The van der Waals surface area contributed by atoms with E-state index in [9.17, 15) is 9.59 Å². The Morgan fingerprint density at radius 1 is 1.04 bits per heavy atom. The van der Waals surface area contributed by atoms with E-state index in [0.717, 1.165) is 19.3 Å². The molecule has 2 bridgehead atoms. The van der Waals surface area contributed by atoms with E-state index in [1.807, 2.05) is 11.0 Å². The number of rotatable bonds is 3. The molecule has 0 radical (unpaired) electrons. The third-order valence-corrected chi connectivity index (χ3v) is 5.07. The largest absolute Gasteiger partial charge is 0.348 e. The Balaban J connectivity index is 1.60. The van der Waals surface area contributed by atoms with Gasteiger partial charge in [-0.25, -0.2) is 0 Å². The molecule has 4 heteroatoms. The predicted octanol–water partition coefficient (Wildman–Crippen LogP) is 3.68. The number of benzene rings is 1. The van der Waals surface area contributed by atoms with E-state index in [1.54, 1.807) is 12.1 Å². The summed E-state index contributed by atoms with van der Waals surface area (Å²) in [6.07, 6.45) is 5.18. The van der Waals surface area contributed by atoms with Crippen molar-refractivity contribution in [2.45, 2.75) is 38.3 Å². The Morgan fingerprint density at radius 3 is 2.46 bits per heavy atom. The van der Waals surface area contributed by atoms with E-state index in [2.05, 4.69) is 35.3 Å². The van der Waals surface area contributed by atoms with Crippen molar-refractivity contribution in [2.75, 3.05) is 0 Å². The van der Waals surface area contributed by atoms with Crippen LogP contribution >= 0.6 is 0 Å². The number of ketones is 1. The second-order valence-corrected chi connectivity index (χ2v) is 6.61. The number of H-pyrrole nitrogens is 1. The van der Waals surface area contributed by atoms with E-state index in [4.69, 9.17) is 0 Å². The van der Waals surface area contributed by atoms with Crippen LogP contribution in [0.3, 0.4) is 0 Å². The molecule has 0 aliphatic carbocycles. The van der Waals surface area contributed by atoms with Gasteiger partial charge in [-0.1, -0.05) is 36.4 Å². The van der Waals surface area contributed by atoms with Crippen molar-refractivity contribution in [3.63, 3.8) is 0 Å². The van der Waals surface area contributed by atoms with Crippen molar-refractivity contribution >= 4 is 17.3 Å². The highest BCUT2D eigenvalue weighted by Gasteiger charge is 2.40. The lowest BCUT2D eigenvalue weighted by Gasteiger charge is -2.34. The van der Waals surface area contributed by atoms with Crippen LogP contribution in [0.15, 0.2) is 48.5 Å². The fourth-order valence-corrected chi connectivity index (χ4v) is 3.88. The van der Waals surface area contributed by atoms with Gasteiger partial charge in [-0.2, -0.15) is 0 Å². The second-order valence-electron chi connectivity index (χ2n) is 6.61. The average molecular weight is 320 g/mol. The molecule has 122 valence electrons. The summed E-state index contributed by atoms with van der Waals surface area (Å²) in [5.74, 6) is -0.0553. The zero-order chi connectivity index (χ0) is 16.7. The van der Waals surface area contributed by atoms with E-state index >= 15 is 0 Å². The van der Waals surface area contributed by atoms with Gasteiger partial charge in [-0.3, -0.25) is 9.59 Å². The van der Waals surface area contributed by atoms with Gasteiger partial charge in [-0.05, 0) is 42.5 Å². The molecule has 1 N–H and O–H groups in total. The zero-order valence-electron chi connectivity index (χ0n) is 13.7. The minimum atomic E-state index is -0.0538. The molecule has 24 heavy (non-hydrogen) atoms. The van der Waals surface area contributed by atoms with Gasteiger partial charge in [0.05, 0.1) is 11.7 Å². The fourth-order valence-electron chi connectivity index (χ4n) is 3.88. The summed E-state index contributed by atoms with van der Waals surface area (Å²) in [6, 6.07) is 14.2. The highest BCUT2D eigenvalue weighted by atomic mass is 16.2. The van der Waals surface area contributed by atoms with Crippen LogP contribution in [0.2, 0.25) is 0 Å². The Hall–Kier alpha value is -2.62. The summed E-state index contributed by atoms with van der Waals surface area (Å²) in [6.45, 7) is 1.50. The van der Waals surface area contributed by atoms with E-state index < -0.39 is 0 Å². The number of nitrogens with zero attached hydrogens (tertiary/aromatic N) is 1. The molecule has 4 nitrogen and oxygen atoms in total. The van der Waals surface area contributed by atoms with Crippen LogP contribution in [0, 0.1) is 0 Å². The number of hydrogen-bond acceptors (Lipinski definition) is 2. The van der Waals surface area contributed by atoms with Crippen molar-refractivity contribution in [3.8, 4) is 0 Å². The van der Waals surface area contributed by atoms with Gasteiger partial charge in [0.1, 0.15) is 5.69 Å². The molecule has 1 saturated heterocycles. The molecule has 1 fully saturated rings. The van der Waals surface area contributed by atoms with Gasteiger partial charge in [0.2, 0.25) is 0 Å². The maximum Gasteiger partial charge on any atom is 0.271 e. The maximum absolute atomic E-state index is 12.9. The molecule has 2 aliphatic rings. The molecule has 3 heterocycles. The van der Waals surface area contributed by atoms with Gasteiger partial charge < -0.3 is 9.88 Å². The van der Waals surface area contributed by atoms with Crippen LogP contribution in [0.4, 0.5) is 0 Å².